The van der Waals surface area contributed by atoms with Crippen molar-refractivity contribution >= 4 is 0 Å². The van der Waals surface area contributed by atoms with Crippen molar-refractivity contribution in [1.29, 1.82) is 0 Å². The van der Waals surface area contributed by atoms with Gasteiger partial charge in [-0.15, -0.1) is 0 Å². The Morgan fingerprint density at radius 1 is 1.00 bits per heavy atom. The summed E-state index contributed by atoms with van der Waals surface area (Å²) < 4.78 is 16.3. The normalized spacial score (nSPS) is 14.2. The predicted molar refractivity (Wildman–Crippen MR) is 69.7 cm³/mol. The van der Waals surface area contributed by atoms with Gasteiger partial charge in [-0.25, -0.2) is 0 Å². The topological polar surface area (TPSA) is 47.9 Å². The fraction of sp³-hybridized carbons (Fsp3) is 0.200. The molecule has 0 aromatic heterocycles. The highest BCUT2D eigenvalue weighted by Gasteiger charge is 2.14. The quantitative estimate of drug-likeness (QED) is 0.918. The standard InChI is InChI=1S/C15H14O4/c1-10(16)11-2-4-12(5-3-11)19-13-6-7-14-15(8-13)18-9-17-14/h2-8,10,16H,9H2,1H3. The minimum atomic E-state index is -0.473. The molecule has 1 aliphatic rings. The van der Waals surface area contributed by atoms with Crippen molar-refractivity contribution in [2.24, 2.45) is 0 Å². The number of aliphatic hydroxyl groups excluding tert-OH is 1. The van der Waals surface area contributed by atoms with Gasteiger partial charge in [0.1, 0.15) is 11.5 Å². The fourth-order valence-electron chi connectivity index (χ4n) is 1.89. The Labute approximate surface area is 111 Å². The van der Waals surface area contributed by atoms with Crippen LogP contribution in [0.4, 0.5) is 0 Å². The molecule has 1 aliphatic heterocycles. The number of ether oxygens (including phenoxy) is 3. The third-order valence-electron chi connectivity index (χ3n) is 2.94. The second-order valence-corrected chi connectivity index (χ2v) is 4.36. The monoisotopic (exact) mass is 258 g/mol. The molecule has 0 spiro atoms. The maximum Gasteiger partial charge on any atom is 0.231 e. The van der Waals surface area contributed by atoms with Crippen molar-refractivity contribution in [2.75, 3.05) is 6.79 Å². The lowest BCUT2D eigenvalue weighted by Gasteiger charge is -2.08. The van der Waals surface area contributed by atoms with Crippen molar-refractivity contribution < 1.29 is 19.3 Å². The Kier molecular flexibility index (Phi) is 3.01. The maximum absolute atomic E-state index is 9.44. The van der Waals surface area contributed by atoms with Crippen molar-refractivity contribution in [3.8, 4) is 23.0 Å². The van der Waals surface area contributed by atoms with Gasteiger partial charge in [-0.2, -0.15) is 0 Å². The smallest absolute Gasteiger partial charge is 0.231 e. The molecule has 0 saturated heterocycles. The van der Waals surface area contributed by atoms with Crippen LogP contribution < -0.4 is 14.2 Å². The minimum Gasteiger partial charge on any atom is -0.457 e. The SMILES string of the molecule is CC(O)c1ccc(Oc2ccc3c(c2)OCO3)cc1. The first-order chi connectivity index (χ1) is 9.22. The fourth-order valence-corrected chi connectivity index (χ4v) is 1.89. The van der Waals surface area contributed by atoms with Gasteiger partial charge in [-0.05, 0) is 36.8 Å². The average Bonchev–Trinajstić information content (AvgIpc) is 2.87. The van der Waals surface area contributed by atoms with Crippen LogP contribution in [0.5, 0.6) is 23.0 Å². The van der Waals surface area contributed by atoms with E-state index in [9.17, 15) is 5.11 Å². The number of hydrogen-bond acceptors (Lipinski definition) is 4. The Bertz CT molecular complexity index is 575. The Morgan fingerprint density at radius 3 is 2.42 bits per heavy atom. The predicted octanol–water partition coefficient (Wildman–Crippen LogP) is 3.26. The van der Waals surface area contributed by atoms with Crippen LogP contribution in [0, 0.1) is 0 Å². The summed E-state index contributed by atoms with van der Waals surface area (Å²) in [6.07, 6.45) is -0.473. The van der Waals surface area contributed by atoms with E-state index in [1.807, 2.05) is 36.4 Å². The van der Waals surface area contributed by atoms with E-state index in [0.717, 1.165) is 11.3 Å². The molecular weight excluding hydrogens is 244 g/mol. The number of aliphatic hydroxyl groups is 1. The second-order valence-electron chi connectivity index (χ2n) is 4.36. The number of benzene rings is 2. The summed E-state index contributed by atoms with van der Waals surface area (Å²) in [5.41, 5.74) is 0.859. The van der Waals surface area contributed by atoms with Crippen LogP contribution in [0.2, 0.25) is 0 Å². The van der Waals surface area contributed by atoms with Crippen LogP contribution in [-0.2, 0) is 0 Å². The first-order valence-corrected chi connectivity index (χ1v) is 6.08. The highest BCUT2D eigenvalue weighted by Crippen LogP contribution is 2.36. The van der Waals surface area contributed by atoms with Gasteiger partial charge in [0, 0.05) is 6.07 Å². The third-order valence-corrected chi connectivity index (χ3v) is 2.94. The highest BCUT2D eigenvalue weighted by atomic mass is 16.7. The molecule has 1 N–H and O–H groups in total. The molecule has 4 nitrogen and oxygen atoms in total. The molecule has 3 rings (SSSR count). The van der Waals surface area contributed by atoms with Gasteiger partial charge in [-0.1, -0.05) is 12.1 Å². The number of rotatable bonds is 3. The van der Waals surface area contributed by atoms with Gasteiger partial charge in [0.15, 0.2) is 11.5 Å². The van der Waals surface area contributed by atoms with E-state index in [2.05, 4.69) is 0 Å². The molecule has 0 radical (unpaired) electrons. The molecular formula is C15H14O4. The van der Waals surface area contributed by atoms with Crippen molar-refractivity contribution in [2.45, 2.75) is 13.0 Å². The van der Waals surface area contributed by atoms with Gasteiger partial charge < -0.3 is 19.3 Å². The summed E-state index contributed by atoms with van der Waals surface area (Å²) in [5, 5.41) is 9.44. The number of hydrogen-bond donors (Lipinski definition) is 1. The van der Waals surface area contributed by atoms with Gasteiger partial charge in [0.05, 0.1) is 6.10 Å². The molecule has 19 heavy (non-hydrogen) atoms. The van der Waals surface area contributed by atoms with E-state index in [4.69, 9.17) is 14.2 Å². The summed E-state index contributed by atoms with van der Waals surface area (Å²) >= 11 is 0. The van der Waals surface area contributed by atoms with Crippen LogP contribution in [0.1, 0.15) is 18.6 Å². The Hall–Kier alpha value is -2.20. The first-order valence-electron chi connectivity index (χ1n) is 6.08. The molecule has 4 heteroatoms. The minimum absolute atomic E-state index is 0.252. The van der Waals surface area contributed by atoms with Crippen molar-refractivity contribution in [3.05, 3.63) is 48.0 Å². The lowest BCUT2D eigenvalue weighted by Crippen LogP contribution is -1.92. The summed E-state index contributed by atoms with van der Waals surface area (Å²) in [5.74, 6) is 2.83. The van der Waals surface area contributed by atoms with E-state index in [-0.39, 0.29) is 6.79 Å². The molecule has 0 fully saturated rings. The van der Waals surface area contributed by atoms with Gasteiger partial charge >= 0.3 is 0 Å². The molecule has 1 heterocycles. The molecule has 1 atom stereocenters. The summed E-state index contributed by atoms with van der Waals surface area (Å²) in [6.45, 7) is 1.98. The Balaban J connectivity index is 1.77. The van der Waals surface area contributed by atoms with Gasteiger partial charge in [0.2, 0.25) is 6.79 Å². The van der Waals surface area contributed by atoms with Crippen molar-refractivity contribution in [3.63, 3.8) is 0 Å². The highest BCUT2D eigenvalue weighted by molar-refractivity contribution is 5.48. The maximum atomic E-state index is 9.44. The molecule has 98 valence electrons. The lowest BCUT2D eigenvalue weighted by atomic mass is 10.1. The summed E-state index contributed by atoms with van der Waals surface area (Å²) in [6, 6.07) is 12.8. The second kappa shape index (κ2) is 4.82. The Morgan fingerprint density at radius 2 is 1.68 bits per heavy atom. The van der Waals surface area contributed by atoms with E-state index < -0.39 is 6.10 Å². The van der Waals surface area contributed by atoms with E-state index >= 15 is 0 Å². The zero-order chi connectivity index (χ0) is 13.2. The van der Waals surface area contributed by atoms with E-state index in [0.29, 0.717) is 17.2 Å². The van der Waals surface area contributed by atoms with E-state index in [1.54, 1.807) is 13.0 Å². The zero-order valence-corrected chi connectivity index (χ0v) is 10.5. The molecule has 2 aromatic carbocycles. The first kappa shape index (κ1) is 11.9. The van der Waals surface area contributed by atoms with Crippen LogP contribution in [0.3, 0.4) is 0 Å². The van der Waals surface area contributed by atoms with Crippen LogP contribution >= 0.6 is 0 Å². The summed E-state index contributed by atoms with van der Waals surface area (Å²) in [7, 11) is 0. The largest absolute Gasteiger partial charge is 0.457 e. The van der Waals surface area contributed by atoms with Gasteiger partial charge in [-0.3, -0.25) is 0 Å². The molecule has 0 bridgehead atoms. The third kappa shape index (κ3) is 2.48. The van der Waals surface area contributed by atoms with Crippen molar-refractivity contribution in [1.82, 2.24) is 0 Å². The number of fused-ring (bicyclic) bond motifs is 1. The van der Waals surface area contributed by atoms with Crippen LogP contribution in [0.15, 0.2) is 42.5 Å². The summed E-state index contributed by atoms with van der Waals surface area (Å²) in [4.78, 5) is 0. The molecule has 2 aromatic rings. The molecule has 0 aliphatic carbocycles. The van der Waals surface area contributed by atoms with Crippen LogP contribution in [-0.4, -0.2) is 11.9 Å². The molecule has 0 amide bonds. The average molecular weight is 258 g/mol. The van der Waals surface area contributed by atoms with Crippen LogP contribution in [0.25, 0.3) is 0 Å². The molecule has 1 unspecified atom stereocenters. The zero-order valence-electron chi connectivity index (χ0n) is 10.5. The molecule has 0 saturated carbocycles. The lowest BCUT2D eigenvalue weighted by molar-refractivity contribution is 0.174. The van der Waals surface area contributed by atoms with E-state index in [1.165, 1.54) is 0 Å². The van der Waals surface area contributed by atoms with Gasteiger partial charge in [0.25, 0.3) is 0 Å².